The van der Waals surface area contributed by atoms with E-state index in [1.807, 2.05) is 18.2 Å². The van der Waals surface area contributed by atoms with Gasteiger partial charge in [0, 0.05) is 41.4 Å². The molecule has 3 heterocycles. The van der Waals surface area contributed by atoms with Crippen molar-refractivity contribution in [3.05, 3.63) is 59.4 Å². The van der Waals surface area contributed by atoms with E-state index in [1.54, 1.807) is 30.9 Å². The maximum atomic E-state index is 11.9. The zero-order valence-electron chi connectivity index (χ0n) is 8.92. The van der Waals surface area contributed by atoms with Crippen LogP contribution in [0.5, 0.6) is 0 Å². The van der Waals surface area contributed by atoms with Gasteiger partial charge in [0.1, 0.15) is 0 Å². The molecule has 0 aliphatic carbocycles. The molecule has 0 bridgehead atoms. The number of H-pyrrole nitrogens is 1. The van der Waals surface area contributed by atoms with Crippen LogP contribution in [0, 0.1) is 0 Å². The summed E-state index contributed by atoms with van der Waals surface area (Å²) in [6.45, 7) is 0. The first-order valence-corrected chi connectivity index (χ1v) is 5.22. The number of aromatic nitrogens is 3. The van der Waals surface area contributed by atoms with Crippen LogP contribution in [0.1, 0.15) is 0 Å². The predicted molar refractivity (Wildman–Crippen MR) is 65.6 cm³/mol. The Kier molecular flexibility index (Phi) is 2.19. The highest BCUT2D eigenvalue weighted by molar-refractivity contribution is 5.84. The molecule has 1 N–H and O–H groups in total. The highest BCUT2D eigenvalue weighted by Gasteiger charge is 2.03. The van der Waals surface area contributed by atoms with Crippen LogP contribution in [0.4, 0.5) is 0 Å². The van der Waals surface area contributed by atoms with E-state index < -0.39 is 0 Å². The van der Waals surface area contributed by atoms with Crippen molar-refractivity contribution in [2.75, 3.05) is 0 Å². The molecule has 0 saturated carbocycles. The van der Waals surface area contributed by atoms with Gasteiger partial charge in [0.25, 0.3) is 5.56 Å². The van der Waals surface area contributed by atoms with Crippen molar-refractivity contribution in [1.82, 2.24) is 15.0 Å². The standard InChI is InChI=1S/C13H9N3O/c17-13-11-3-6-15-8-10(11)7-12(16-13)9-1-4-14-5-2-9/h1-8H,(H,16,17). The fourth-order valence-electron chi connectivity index (χ4n) is 1.80. The number of fused-ring (bicyclic) bond motifs is 1. The molecule has 0 aliphatic heterocycles. The Morgan fingerprint density at radius 3 is 2.59 bits per heavy atom. The summed E-state index contributed by atoms with van der Waals surface area (Å²) in [6, 6.07) is 7.34. The first kappa shape index (κ1) is 9.72. The molecule has 0 saturated heterocycles. The molecule has 0 unspecified atom stereocenters. The van der Waals surface area contributed by atoms with E-state index in [2.05, 4.69) is 15.0 Å². The predicted octanol–water partition coefficient (Wildman–Crippen LogP) is 1.99. The zero-order valence-corrected chi connectivity index (χ0v) is 8.92. The fourth-order valence-corrected chi connectivity index (χ4v) is 1.80. The maximum Gasteiger partial charge on any atom is 0.256 e. The van der Waals surface area contributed by atoms with E-state index in [-0.39, 0.29) is 5.56 Å². The molecule has 0 atom stereocenters. The second-order valence-corrected chi connectivity index (χ2v) is 3.71. The van der Waals surface area contributed by atoms with E-state index in [1.165, 1.54) is 0 Å². The van der Waals surface area contributed by atoms with Crippen LogP contribution >= 0.6 is 0 Å². The van der Waals surface area contributed by atoms with Crippen LogP contribution in [0.15, 0.2) is 53.8 Å². The van der Waals surface area contributed by atoms with Gasteiger partial charge < -0.3 is 4.98 Å². The van der Waals surface area contributed by atoms with E-state index in [9.17, 15) is 4.79 Å². The lowest BCUT2D eigenvalue weighted by atomic mass is 10.1. The molecule has 0 amide bonds. The third kappa shape index (κ3) is 1.69. The molecule has 0 spiro atoms. The lowest BCUT2D eigenvalue weighted by Gasteiger charge is -2.02. The van der Waals surface area contributed by atoms with Crippen molar-refractivity contribution in [2.45, 2.75) is 0 Å². The van der Waals surface area contributed by atoms with Gasteiger partial charge in [-0.3, -0.25) is 14.8 Å². The van der Waals surface area contributed by atoms with Crippen molar-refractivity contribution < 1.29 is 0 Å². The van der Waals surface area contributed by atoms with Gasteiger partial charge in [-0.2, -0.15) is 0 Å². The molecule has 3 rings (SSSR count). The van der Waals surface area contributed by atoms with Gasteiger partial charge in [-0.25, -0.2) is 0 Å². The van der Waals surface area contributed by atoms with Crippen LogP contribution in [0.3, 0.4) is 0 Å². The summed E-state index contributed by atoms with van der Waals surface area (Å²) in [5.74, 6) is 0. The first-order chi connectivity index (χ1) is 8.34. The summed E-state index contributed by atoms with van der Waals surface area (Å²) in [5.41, 5.74) is 1.61. The minimum Gasteiger partial charge on any atom is -0.321 e. The smallest absolute Gasteiger partial charge is 0.256 e. The van der Waals surface area contributed by atoms with Gasteiger partial charge in [0.15, 0.2) is 0 Å². The van der Waals surface area contributed by atoms with E-state index in [4.69, 9.17) is 0 Å². The SMILES string of the molecule is O=c1[nH]c(-c2ccncc2)cc2cnccc12. The van der Waals surface area contributed by atoms with Crippen molar-refractivity contribution in [3.8, 4) is 11.3 Å². The molecule has 0 aliphatic rings. The van der Waals surface area contributed by atoms with E-state index in [0.29, 0.717) is 5.39 Å². The Bertz CT molecular complexity index is 719. The molecular weight excluding hydrogens is 214 g/mol. The number of aromatic amines is 1. The maximum absolute atomic E-state index is 11.9. The third-order valence-electron chi connectivity index (χ3n) is 2.64. The average molecular weight is 223 g/mol. The molecule has 17 heavy (non-hydrogen) atoms. The molecule has 0 radical (unpaired) electrons. The summed E-state index contributed by atoms with van der Waals surface area (Å²) in [4.78, 5) is 22.7. The first-order valence-electron chi connectivity index (χ1n) is 5.22. The Hall–Kier alpha value is -2.49. The second-order valence-electron chi connectivity index (χ2n) is 3.71. The van der Waals surface area contributed by atoms with Gasteiger partial charge in [-0.05, 0) is 24.3 Å². The summed E-state index contributed by atoms with van der Waals surface area (Å²) >= 11 is 0. The normalized spacial score (nSPS) is 10.6. The average Bonchev–Trinajstić information content (AvgIpc) is 2.40. The molecule has 3 aromatic heterocycles. The number of rotatable bonds is 1. The quantitative estimate of drug-likeness (QED) is 0.686. The molecule has 4 nitrogen and oxygen atoms in total. The van der Waals surface area contributed by atoms with Crippen molar-refractivity contribution in [2.24, 2.45) is 0 Å². The van der Waals surface area contributed by atoms with Crippen molar-refractivity contribution in [1.29, 1.82) is 0 Å². The minimum absolute atomic E-state index is 0.100. The lowest BCUT2D eigenvalue weighted by molar-refractivity contribution is 1.25. The zero-order chi connectivity index (χ0) is 11.7. The van der Waals surface area contributed by atoms with Crippen LogP contribution in [0.2, 0.25) is 0 Å². The Morgan fingerprint density at radius 2 is 1.76 bits per heavy atom. The minimum atomic E-state index is -0.100. The fraction of sp³-hybridized carbons (Fsp3) is 0. The van der Waals surface area contributed by atoms with Gasteiger partial charge in [-0.1, -0.05) is 0 Å². The summed E-state index contributed by atoms with van der Waals surface area (Å²) < 4.78 is 0. The molecule has 82 valence electrons. The molecule has 0 fully saturated rings. The number of pyridine rings is 3. The molecular formula is C13H9N3O. The summed E-state index contributed by atoms with van der Waals surface area (Å²) in [7, 11) is 0. The monoisotopic (exact) mass is 223 g/mol. The van der Waals surface area contributed by atoms with E-state index in [0.717, 1.165) is 16.6 Å². The van der Waals surface area contributed by atoms with Gasteiger partial charge >= 0.3 is 0 Å². The summed E-state index contributed by atoms with van der Waals surface area (Å²) in [5, 5.41) is 1.49. The molecule has 3 aromatic rings. The van der Waals surface area contributed by atoms with Gasteiger partial charge in [-0.15, -0.1) is 0 Å². The van der Waals surface area contributed by atoms with Crippen molar-refractivity contribution in [3.63, 3.8) is 0 Å². The highest BCUT2D eigenvalue weighted by Crippen LogP contribution is 2.17. The van der Waals surface area contributed by atoms with Gasteiger partial charge in [0.05, 0.1) is 5.39 Å². The number of hydrogen-bond donors (Lipinski definition) is 1. The van der Waals surface area contributed by atoms with Crippen LogP contribution < -0.4 is 5.56 Å². The summed E-state index contributed by atoms with van der Waals surface area (Å²) in [6.07, 6.45) is 6.70. The highest BCUT2D eigenvalue weighted by atomic mass is 16.1. The molecule has 0 aromatic carbocycles. The Morgan fingerprint density at radius 1 is 1.00 bits per heavy atom. The number of hydrogen-bond acceptors (Lipinski definition) is 3. The third-order valence-corrected chi connectivity index (χ3v) is 2.64. The van der Waals surface area contributed by atoms with E-state index >= 15 is 0 Å². The van der Waals surface area contributed by atoms with Gasteiger partial charge in [0.2, 0.25) is 0 Å². The lowest BCUT2D eigenvalue weighted by Crippen LogP contribution is -2.07. The Labute approximate surface area is 97.0 Å². The van der Waals surface area contributed by atoms with Crippen LogP contribution in [-0.2, 0) is 0 Å². The Balaban J connectivity index is 2.30. The second kappa shape index (κ2) is 3.83. The van der Waals surface area contributed by atoms with Crippen LogP contribution in [-0.4, -0.2) is 15.0 Å². The van der Waals surface area contributed by atoms with Crippen molar-refractivity contribution >= 4 is 10.8 Å². The van der Waals surface area contributed by atoms with Crippen LogP contribution in [0.25, 0.3) is 22.0 Å². The largest absolute Gasteiger partial charge is 0.321 e. The topological polar surface area (TPSA) is 58.6 Å². The number of nitrogens with one attached hydrogen (secondary N) is 1. The molecule has 4 heteroatoms. The number of nitrogens with zero attached hydrogens (tertiary/aromatic N) is 2.